The first-order chi connectivity index (χ1) is 10.1. The van der Waals surface area contributed by atoms with Crippen LogP contribution < -0.4 is 5.32 Å². The molecule has 1 amide bonds. The van der Waals surface area contributed by atoms with E-state index in [0.29, 0.717) is 12.0 Å². The van der Waals surface area contributed by atoms with Crippen LogP contribution in [0.15, 0.2) is 35.5 Å². The zero-order valence-electron chi connectivity index (χ0n) is 12.7. The highest BCUT2D eigenvalue weighted by molar-refractivity contribution is 5.94. The smallest absolute Gasteiger partial charge is 0.305 e. The second-order valence-electron chi connectivity index (χ2n) is 5.25. The number of rotatable bonds is 9. The van der Waals surface area contributed by atoms with Gasteiger partial charge in [0.25, 0.3) is 0 Å². The molecule has 0 spiro atoms. The lowest BCUT2D eigenvalue weighted by molar-refractivity contribution is -0.136. The van der Waals surface area contributed by atoms with Gasteiger partial charge in [-0.05, 0) is 24.8 Å². The van der Waals surface area contributed by atoms with Gasteiger partial charge in [-0.15, -0.1) is 0 Å². The Morgan fingerprint density at radius 1 is 1.24 bits per heavy atom. The maximum absolute atomic E-state index is 11.9. The Labute approximate surface area is 126 Å². The van der Waals surface area contributed by atoms with Crippen molar-refractivity contribution in [3.8, 4) is 0 Å². The van der Waals surface area contributed by atoms with Crippen molar-refractivity contribution in [1.82, 2.24) is 5.32 Å². The lowest BCUT2D eigenvalue weighted by Crippen LogP contribution is -2.27. The molecule has 0 heterocycles. The van der Waals surface area contributed by atoms with E-state index >= 15 is 0 Å². The fraction of sp³-hybridized carbons (Fsp3) is 0.529. The number of hydrogen-bond donors (Lipinski definition) is 2. The normalized spacial score (nSPS) is 14.1. The Bertz CT molecular complexity index is 447. The third kappa shape index (κ3) is 7.49. The number of nitrogens with one attached hydrogen (secondary N) is 1. The lowest BCUT2D eigenvalue weighted by Gasteiger charge is -2.04. The second-order valence-corrected chi connectivity index (χ2v) is 5.25. The van der Waals surface area contributed by atoms with Crippen LogP contribution in [-0.4, -0.2) is 23.5 Å². The number of carbonyl (C=O) groups excluding carboxylic acids is 1. The average molecular weight is 291 g/mol. The maximum Gasteiger partial charge on any atom is 0.305 e. The molecule has 21 heavy (non-hydrogen) atoms. The molecule has 0 saturated heterocycles. The van der Waals surface area contributed by atoms with Crippen LogP contribution >= 0.6 is 0 Å². The van der Waals surface area contributed by atoms with E-state index in [2.05, 4.69) is 18.3 Å². The molecule has 1 aliphatic carbocycles. The second kappa shape index (κ2) is 9.97. The summed E-state index contributed by atoms with van der Waals surface area (Å²) < 4.78 is 0. The monoisotopic (exact) mass is 291 g/mol. The first-order valence-electron chi connectivity index (χ1n) is 7.69. The molecular formula is C17H25NO3. The van der Waals surface area contributed by atoms with Gasteiger partial charge in [-0.3, -0.25) is 9.59 Å². The summed E-state index contributed by atoms with van der Waals surface area (Å²) in [4.78, 5) is 22.3. The molecule has 4 heteroatoms. The van der Waals surface area contributed by atoms with E-state index in [0.717, 1.165) is 6.42 Å². The van der Waals surface area contributed by atoms with Gasteiger partial charge in [-0.25, -0.2) is 0 Å². The van der Waals surface area contributed by atoms with Crippen molar-refractivity contribution in [1.29, 1.82) is 0 Å². The lowest BCUT2D eigenvalue weighted by atomic mass is 10.1. The zero-order chi connectivity index (χ0) is 15.5. The number of unbranched alkanes of at least 4 members (excludes halogenated alkanes) is 3. The molecular weight excluding hydrogens is 266 g/mol. The van der Waals surface area contributed by atoms with Crippen LogP contribution in [0.2, 0.25) is 0 Å². The van der Waals surface area contributed by atoms with Gasteiger partial charge < -0.3 is 10.4 Å². The topological polar surface area (TPSA) is 66.4 Å². The minimum atomic E-state index is -0.903. The Balaban J connectivity index is 2.44. The Hall–Kier alpha value is -1.84. The molecule has 4 nitrogen and oxygen atoms in total. The summed E-state index contributed by atoms with van der Waals surface area (Å²) in [5, 5.41) is 11.2. The third-order valence-electron chi connectivity index (χ3n) is 3.40. The fourth-order valence-electron chi connectivity index (χ4n) is 2.16. The zero-order valence-corrected chi connectivity index (χ0v) is 12.7. The van der Waals surface area contributed by atoms with Crippen molar-refractivity contribution in [2.75, 3.05) is 6.54 Å². The summed E-state index contributed by atoms with van der Waals surface area (Å²) in [5.74, 6) is -1.08. The van der Waals surface area contributed by atoms with E-state index in [1.807, 2.05) is 18.2 Å². The molecule has 1 aliphatic rings. The van der Waals surface area contributed by atoms with Gasteiger partial charge in [0.05, 0.1) is 6.42 Å². The molecule has 0 bridgehead atoms. The standard InChI is InChI=1S/C17H25NO3/c1-2-3-4-5-7-14-8-6-9-15(11-10-14)17(21)18-13-12-16(19)20/h6,8,10-11H,2-5,7,9,12-13H2,1H3,(H,18,21)(H,19,20). The number of aliphatic carboxylic acids is 1. The Kier molecular flexibility index (Phi) is 8.17. The van der Waals surface area contributed by atoms with E-state index < -0.39 is 5.97 Å². The van der Waals surface area contributed by atoms with Gasteiger partial charge in [0.1, 0.15) is 0 Å². The summed E-state index contributed by atoms with van der Waals surface area (Å²) in [6, 6.07) is 0. The van der Waals surface area contributed by atoms with Crippen LogP contribution in [0.4, 0.5) is 0 Å². The van der Waals surface area contributed by atoms with E-state index in [9.17, 15) is 9.59 Å². The first-order valence-corrected chi connectivity index (χ1v) is 7.69. The molecule has 0 aromatic carbocycles. The van der Waals surface area contributed by atoms with Crippen LogP contribution in [0.3, 0.4) is 0 Å². The molecule has 0 radical (unpaired) electrons. The summed E-state index contributed by atoms with van der Waals surface area (Å²) in [7, 11) is 0. The Morgan fingerprint density at radius 3 is 2.76 bits per heavy atom. The van der Waals surface area contributed by atoms with Crippen LogP contribution in [-0.2, 0) is 9.59 Å². The highest BCUT2D eigenvalue weighted by atomic mass is 16.4. The van der Waals surface area contributed by atoms with E-state index in [1.165, 1.54) is 31.3 Å². The maximum atomic E-state index is 11.9. The molecule has 0 aromatic heterocycles. The van der Waals surface area contributed by atoms with Gasteiger partial charge in [-0.1, -0.05) is 50.5 Å². The quantitative estimate of drug-likeness (QED) is 0.640. The predicted molar refractivity (Wildman–Crippen MR) is 83.9 cm³/mol. The van der Waals surface area contributed by atoms with Crippen LogP contribution in [0, 0.1) is 0 Å². The average Bonchev–Trinajstić information content (AvgIpc) is 2.69. The largest absolute Gasteiger partial charge is 0.481 e. The van der Waals surface area contributed by atoms with Gasteiger partial charge in [0, 0.05) is 12.1 Å². The highest BCUT2D eigenvalue weighted by Gasteiger charge is 2.09. The van der Waals surface area contributed by atoms with Crippen molar-refractivity contribution in [2.45, 2.75) is 51.9 Å². The van der Waals surface area contributed by atoms with Crippen molar-refractivity contribution in [3.63, 3.8) is 0 Å². The molecule has 0 fully saturated rings. The summed E-state index contributed by atoms with van der Waals surface area (Å²) in [5.41, 5.74) is 1.93. The van der Waals surface area contributed by atoms with Gasteiger partial charge in [-0.2, -0.15) is 0 Å². The third-order valence-corrected chi connectivity index (χ3v) is 3.40. The minimum absolute atomic E-state index is 0.0482. The van der Waals surface area contributed by atoms with Gasteiger partial charge >= 0.3 is 5.97 Å². The van der Waals surface area contributed by atoms with E-state index in [1.54, 1.807) is 0 Å². The number of carboxylic acid groups (broad SMARTS) is 1. The number of carboxylic acids is 1. The van der Waals surface area contributed by atoms with Crippen molar-refractivity contribution in [2.24, 2.45) is 0 Å². The van der Waals surface area contributed by atoms with E-state index in [-0.39, 0.29) is 18.9 Å². The molecule has 0 unspecified atom stereocenters. The van der Waals surface area contributed by atoms with Crippen molar-refractivity contribution in [3.05, 3.63) is 35.5 Å². The summed E-state index contributed by atoms with van der Waals surface area (Å²) in [6.07, 6.45) is 14.4. The highest BCUT2D eigenvalue weighted by Crippen LogP contribution is 2.17. The van der Waals surface area contributed by atoms with Crippen LogP contribution in [0.25, 0.3) is 0 Å². The summed E-state index contributed by atoms with van der Waals surface area (Å²) >= 11 is 0. The van der Waals surface area contributed by atoms with Crippen molar-refractivity contribution < 1.29 is 14.7 Å². The number of carbonyl (C=O) groups is 2. The molecule has 0 aromatic rings. The molecule has 0 saturated carbocycles. The fourth-order valence-corrected chi connectivity index (χ4v) is 2.16. The predicted octanol–water partition coefficient (Wildman–Crippen LogP) is 3.36. The molecule has 2 N–H and O–H groups in total. The minimum Gasteiger partial charge on any atom is -0.481 e. The molecule has 116 valence electrons. The van der Waals surface area contributed by atoms with Crippen LogP contribution in [0.5, 0.6) is 0 Å². The number of hydrogen-bond acceptors (Lipinski definition) is 2. The number of allylic oxidation sites excluding steroid dienone is 5. The van der Waals surface area contributed by atoms with Gasteiger partial charge in [0.15, 0.2) is 0 Å². The van der Waals surface area contributed by atoms with E-state index in [4.69, 9.17) is 5.11 Å². The van der Waals surface area contributed by atoms with Gasteiger partial charge in [0.2, 0.25) is 5.91 Å². The van der Waals surface area contributed by atoms with Crippen molar-refractivity contribution >= 4 is 11.9 Å². The first kappa shape index (κ1) is 17.2. The Morgan fingerprint density at radius 2 is 2.05 bits per heavy atom. The number of amides is 1. The van der Waals surface area contributed by atoms with Crippen LogP contribution in [0.1, 0.15) is 51.9 Å². The molecule has 0 atom stereocenters. The SMILES string of the molecule is CCCCCCC1=CC=C(C(=O)NCCC(=O)O)CC=C1. The molecule has 1 rings (SSSR count). The molecule has 0 aliphatic heterocycles. The summed E-state index contributed by atoms with van der Waals surface area (Å²) in [6.45, 7) is 2.37.